The summed E-state index contributed by atoms with van der Waals surface area (Å²) in [7, 11) is 0. The van der Waals surface area contributed by atoms with Crippen molar-refractivity contribution in [2.24, 2.45) is 0 Å². The summed E-state index contributed by atoms with van der Waals surface area (Å²) in [5, 5.41) is 3.76. The van der Waals surface area contributed by atoms with Gasteiger partial charge in [0.1, 0.15) is 11.2 Å². The molecule has 0 saturated carbocycles. The van der Waals surface area contributed by atoms with Gasteiger partial charge in [0, 0.05) is 30.1 Å². The summed E-state index contributed by atoms with van der Waals surface area (Å²) in [6.07, 6.45) is 2.37. The lowest BCUT2D eigenvalue weighted by Gasteiger charge is -2.35. The first-order valence-corrected chi connectivity index (χ1v) is 9.52. The smallest absolute Gasteiger partial charge is 0.407 e. The number of rotatable bonds is 3. The van der Waals surface area contributed by atoms with Crippen molar-refractivity contribution >= 4 is 23.0 Å². The SMILES string of the molecule is Cc1c(C(=O)N2CCCCC2CNC(=O)OC(C)(C)C)oc2ccccc12. The maximum absolute atomic E-state index is 13.2. The van der Waals surface area contributed by atoms with Gasteiger partial charge in [-0.25, -0.2) is 4.79 Å². The number of furan rings is 1. The van der Waals surface area contributed by atoms with Crippen LogP contribution in [0.1, 0.15) is 56.2 Å². The predicted molar refractivity (Wildman–Crippen MR) is 104 cm³/mol. The molecule has 27 heavy (non-hydrogen) atoms. The van der Waals surface area contributed by atoms with Gasteiger partial charge in [-0.2, -0.15) is 0 Å². The van der Waals surface area contributed by atoms with Gasteiger partial charge in [-0.15, -0.1) is 0 Å². The number of carbonyl (C=O) groups excluding carboxylic acids is 2. The number of piperidine rings is 1. The topological polar surface area (TPSA) is 71.8 Å². The van der Waals surface area contributed by atoms with Crippen LogP contribution in [0.5, 0.6) is 0 Å². The Morgan fingerprint density at radius 3 is 2.70 bits per heavy atom. The van der Waals surface area contributed by atoms with Crippen LogP contribution in [-0.4, -0.2) is 41.6 Å². The predicted octanol–water partition coefficient (Wildman–Crippen LogP) is 4.26. The zero-order valence-electron chi connectivity index (χ0n) is 16.5. The van der Waals surface area contributed by atoms with E-state index in [0.717, 1.165) is 35.8 Å². The van der Waals surface area contributed by atoms with E-state index in [1.54, 1.807) is 0 Å². The molecule has 2 aromatic rings. The Kier molecular flexibility index (Phi) is 5.44. The van der Waals surface area contributed by atoms with Gasteiger partial charge in [0.2, 0.25) is 0 Å². The molecular formula is C21H28N2O4. The Labute approximate surface area is 159 Å². The van der Waals surface area contributed by atoms with E-state index >= 15 is 0 Å². The maximum atomic E-state index is 13.2. The van der Waals surface area contributed by atoms with Crippen molar-refractivity contribution in [1.29, 1.82) is 0 Å². The molecule has 1 aromatic heterocycles. The highest BCUT2D eigenvalue weighted by Gasteiger charge is 2.31. The van der Waals surface area contributed by atoms with Gasteiger partial charge < -0.3 is 19.4 Å². The van der Waals surface area contributed by atoms with Gasteiger partial charge in [-0.05, 0) is 53.0 Å². The van der Waals surface area contributed by atoms with Crippen LogP contribution in [0, 0.1) is 6.92 Å². The fourth-order valence-corrected chi connectivity index (χ4v) is 3.50. The van der Waals surface area contributed by atoms with E-state index in [9.17, 15) is 9.59 Å². The molecule has 6 nitrogen and oxygen atoms in total. The molecule has 0 radical (unpaired) electrons. The van der Waals surface area contributed by atoms with Crippen LogP contribution in [0.25, 0.3) is 11.0 Å². The number of aryl methyl sites for hydroxylation is 1. The quantitative estimate of drug-likeness (QED) is 0.874. The minimum Gasteiger partial charge on any atom is -0.451 e. The number of para-hydroxylation sites is 1. The molecule has 1 unspecified atom stereocenters. The van der Waals surface area contributed by atoms with E-state index in [2.05, 4.69) is 5.32 Å². The molecule has 1 N–H and O–H groups in total. The second kappa shape index (κ2) is 7.62. The van der Waals surface area contributed by atoms with Crippen molar-refractivity contribution in [3.63, 3.8) is 0 Å². The molecule has 1 saturated heterocycles. The number of alkyl carbamates (subject to hydrolysis) is 1. The summed E-state index contributed by atoms with van der Waals surface area (Å²) >= 11 is 0. The fourth-order valence-electron chi connectivity index (χ4n) is 3.50. The summed E-state index contributed by atoms with van der Waals surface area (Å²) < 4.78 is 11.1. The normalized spacial score (nSPS) is 17.8. The summed E-state index contributed by atoms with van der Waals surface area (Å²) in [5.74, 6) is 0.278. The zero-order chi connectivity index (χ0) is 19.6. The fraction of sp³-hybridized carbons (Fsp3) is 0.524. The molecule has 0 spiro atoms. The van der Waals surface area contributed by atoms with Gasteiger partial charge in [0.15, 0.2) is 5.76 Å². The van der Waals surface area contributed by atoms with E-state index in [1.807, 2.05) is 56.9 Å². The molecule has 1 aromatic carbocycles. The lowest BCUT2D eigenvalue weighted by molar-refractivity contribution is 0.0453. The minimum atomic E-state index is -0.544. The van der Waals surface area contributed by atoms with Gasteiger partial charge in [-0.3, -0.25) is 4.79 Å². The highest BCUT2D eigenvalue weighted by Crippen LogP contribution is 2.28. The van der Waals surface area contributed by atoms with Gasteiger partial charge in [0.25, 0.3) is 5.91 Å². The van der Waals surface area contributed by atoms with Gasteiger partial charge >= 0.3 is 6.09 Å². The number of nitrogens with zero attached hydrogens (tertiary/aromatic N) is 1. The first kappa shape index (κ1) is 19.3. The maximum Gasteiger partial charge on any atom is 0.407 e. The van der Waals surface area contributed by atoms with Crippen molar-refractivity contribution in [3.05, 3.63) is 35.6 Å². The Morgan fingerprint density at radius 2 is 2.00 bits per heavy atom. The van der Waals surface area contributed by atoms with E-state index in [4.69, 9.17) is 9.15 Å². The van der Waals surface area contributed by atoms with Crippen molar-refractivity contribution in [2.75, 3.05) is 13.1 Å². The number of ether oxygens (including phenoxy) is 1. The number of fused-ring (bicyclic) bond motifs is 1. The van der Waals surface area contributed by atoms with Gasteiger partial charge in [0.05, 0.1) is 0 Å². The number of carbonyl (C=O) groups is 2. The molecule has 1 fully saturated rings. The molecule has 146 valence electrons. The average molecular weight is 372 g/mol. The summed E-state index contributed by atoms with van der Waals surface area (Å²) in [4.78, 5) is 27.0. The van der Waals surface area contributed by atoms with E-state index < -0.39 is 11.7 Å². The number of hydrogen-bond acceptors (Lipinski definition) is 4. The van der Waals surface area contributed by atoms with Crippen LogP contribution < -0.4 is 5.32 Å². The Balaban J connectivity index is 1.73. The molecule has 0 bridgehead atoms. The first-order chi connectivity index (χ1) is 12.8. The Bertz CT molecular complexity index is 834. The molecule has 2 heterocycles. The van der Waals surface area contributed by atoms with Gasteiger partial charge in [-0.1, -0.05) is 18.2 Å². The van der Waals surface area contributed by atoms with Crippen LogP contribution >= 0.6 is 0 Å². The highest BCUT2D eigenvalue weighted by molar-refractivity contribution is 5.99. The number of hydrogen-bond donors (Lipinski definition) is 1. The second-order valence-corrected chi connectivity index (χ2v) is 8.08. The third-order valence-electron chi connectivity index (χ3n) is 4.81. The molecule has 1 aliphatic heterocycles. The monoisotopic (exact) mass is 372 g/mol. The van der Waals surface area contributed by atoms with Crippen molar-refractivity contribution in [1.82, 2.24) is 10.2 Å². The lowest BCUT2D eigenvalue weighted by atomic mass is 10.0. The van der Waals surface area contributed by atoms with Crippen molar-refractivity contribution in [3.8, 4) is 0 Å². The van der Waals surface area contributed by atoms with Crippen LogP contribution in [0.15, 0.2) is 28.7 Å². The molecule has 2 amide bonds. The summed E-state index contributed by atoms with van der Waals surface area (Å²) in [5.41, 5.74) is 1.04. The third-order valence-corrected chi connectivity index (χ3v) is 4.81. The largest absolute Gasteiger partial charge is 0.451 e. The van der Waals surface area contributed by atoms with E-state index in [-0.39, 0.29) is 11.9 Å². The molecule has 1 aliphatic rings. The number of nitrogens with one attached hydrogen (secondary N) is 1. The first-order valence-electron chi connectivity index (χ1n) is 9.52. The second-order valence-electron chi connectivity index (χ2n) is 8.08. The molecule has 3 rings (SSSR count). The number of benzene rings is 1. The number of amides is 2. The minimum absolute atomic E-state index is 0.0635. The number of likely N-dealkylation sites (tertiary alicyclic amines) is 1. The average Bonchev–Trinajstić information content (AvgIpc) is 2.95. The van der Waals surface area contributed by atoms with Crippen molar-refractivity contribution in [2.45, 2.75) is 58.6 Å². The van der Waals surface area contributed by atoms with Crippen LogP contribution in [0.3, 0.4) is 0 Å². The van der Waals surface area contributed by atoms with Crippen LogP contribution in [0.4, 0.5) is 4.79 Å². The molecule has 1 atom stereocenters. The lowest BCUT2D eigenvalue weighted by Crippen LogP contribution is -2.50. The molecule has 6 heteroatoms. The van der Waals surface area contributed by atoms with E-state index in [1.165, 1.54) is 0 Å². The Morgan fingerprint density at radius 1 is 1.26 bits per heavy atom. The van der Waals surface area contributed by atoms with Crippen LogP contribution in [0.2, 0.25) is 0 Å². The van der Waals surface area contributed by atoms with Crippen LogP contribution in [-0.2, 0) is 4.74 Å². The summed E-state index contributed by atoms with van der Waals surface area (Å²) in [6.45, 7) is 8.43. The highest BCUT2D eigenvalue weighted by atomic mass is 16.6. The molecular weight excluding hydrogens is 344 g/mol. The standard InChI is InChI=1S/C21H28N2O4/c1-14-16-10-5-6-11-17(16)26-18(14)19(24)23-12-8-7-9-15(23)13-22-20(25)27-21(2,3)4/h5-6,10-11,15H,7-9,12-13H2,1-4H3,(H,22,25). The molecule has 0 aliphatic carbocycles. The third kappa shape index (κ3) is 4.43. The summed E-state index contributed by atoms with van der Waals surface area (Å²) in [6, 6.07) is 7.60. The zero-order valence-corrected chi connectivity index (χ0v) is 16.5. The Hall–Kier alpha value is -2.50. The van der Waals surface area contributed by atoms with Crippen molar-refractivity contribution < 1.29 is 18.7 Å². The van der Waals surface area contributed by atoms with E-state index in [0.29, 0.717) is 18.8 Å².